The number of anilines is 1. The zero-order valence-corrected chi connectivity index (χ0v) is 8.67. The van der Waals surface area contributed by atoms with Gasteiger partial charge in [-0.25, -0.2) is 0 Å². The Labute approximate surface area is 84.0 Å². The van der Waals surface area contributed by atoms with Gasteiger partial charge in [-0.3, -0.25) is 10.1 Å². The Morgan fingerprint density at radius 3 is 2.69 bits per heavy atom. The number of benzene rings is 1. The van der Waals surface area contributed by atoms with Crippen LogP contribution in [-0.4, -0.2) is 4.92 Å². The Hall–Kier alpha value is -1.10. The molecular formula is C8H9BrN2O2. The van der Waals surface area contributed by atoms with Crippen molar-refractivity contribution in [3.05, 3.63) is 32.3 Å². The average molecular weight is 245 g/mol. The molecule has 0 aromatic heterocycles. The molecule has 13 heavy (non-hydrogen) atoms. The van der Waals surface area contributed by atoms with Crippen LogP contribution in [0.5, 0.6) is 0 Å². The maximum Gasteiger partial charge on any atom is 0.274 e. The number of nitrogens with zero attached hydrogens (tertiary/aromatic N) is 1. The number of nitro groups is 1. The first-order valence-electron chi connectivity index (χ1n) is 3.78. The lowest BCUT2D eigenvalue weighted by atomic mass is 10.1. The maximum absolute atomic E-state index is 10.6. The number of rotatable bonds is 2. The molecule has 0 unspecified atom stereocenters. The van der Waals surface area contributed by atoms with Gasteiger partial charge in [0, 0.05) is 16.1 Å². The van der Waals surface area contributed by atoms with Crippen LogP contribution >= 0.6 is 15.9 Å². The summed E-state index contributed by atoms with van der Waals surface area (Å²) in [5.74, 6) is 0. The van der Waals surface area contributed by atoms with Gasteiger partial charge in [-0.05, 0) is 28.4 Å². The van der Waals surface area contributed by atoms with E-state index < -0.39 is 4.92 Å². The number of hydrogen-bond acceptors (Lipinski definition) is 3. The largest absolute Gasteiger partial charge is 0.398 e. The van der Waals surface area contributed by atoms with Gasteiger partial charge in [0.2, 0.25) is 0 Å². The van der Waals surface area contributed by atoms with Gasteiger partial charge < -0.3 is 5.73 Å². The fourth-order valence-corrected chi connectivity index (χ4v) is 1.46. The summed E-state index contributed by atoms with van der Waals surface area (Å²) in [5, 5.41) is 10.6. The van der Waals surface area contributed by atoms with Crippen LogP contribution in [0, 0.1) is 10.1 Å². The highest BCUT2D eigenvalue weighted by Gasteiger charge is 2.14. The third-order valence-corrected chi connectivity index (χ3v) is 2.46. The van der Waals surface area contributed by atoms with Crippen LogP contribution in [0.4, 0.5) is 11.4 Å². The Bertz CT molecular complexity index is 352. The molecule has 0 bridgehead atoms. The minimum atomic E-state index is -0.415. The van der Waals surface area contributed by atoms with Gasteiger partial charge in [0.05, 0.1) is 10.6 Å². The number of nitro benzene ring substituents is 1. The van der Waals surface area contributed by atoms with E-state index in [1.807, 2.05) is 6.92 Å². The topological polar surface area (TPSA) is 69.2 Å². The van der Waals surface area contributed by atoms with Crippen LogP contribution in [0.3, 0.4) is 0 Å². The van der Waals surface area contributed by atoms with E-state index in [9.17, 15) is 10.1 Å². The van der Waals surface area contributed by atoms with E-state index >= 15 is 0 Å². The van der Waals surface area contributed by atoms with Gasteiger partial charge in [0.1, 0.15) is 0 Å². The standard InChI is InChI=1S/C8H9BrN2O2/c1-2-5-3-6(9)7(10)4-8(5)11(12)13/h3-4H,2,10H2,1H3. The van der Waals surface area contributed by atoms with Crippen molar-refractivity contribution >= 4 is 27.3 Å². The van der Waals surface area contributed by atoms with Gasteiger partial charge in [0.25, 0.3) is 5.69 Å². The van der Waals surface area contributed by atoms with Crippen LogP contribution < -0.4 is 5.73 Å². The number of halogens is 1. The summed E-state index contributed by atoms with van der Waals surface area (Å²) < 4.78 is 0.704. The van der Waals surface area contributed by atoms with Crippen molar-refractivity contribution < 1.29 is 4.92 Å². The molecular weight excluding hydrogens is 236 g/mol. The molecule has 0 aliphatic heterocycles. The molecule has 0 radical (unpaired) electrons. The lowest BCUT2D eigenvalue weighted by Gasteiger charge is -2.03. The van der Waals surface area contributed by atoms with E-state index in [0.29, 0.717) is 22.1 Å². The van der Waals surface area contributed by atoms with E-state index in [4.69, 9.17) is 5.73 Å². The second-order valence-corrected chi connectivity index (χ2v) is 3.47. The number of hydrogen-bond donors (Lipinski definition) is 1. The van der Waals surface area contributed by atoms with Gasteiger partial charge >= 0.3 is 0 Å². The van der Waals surface area contributed by atoms with Crippen molar-refractivity contribution in [2.75, 3.05) is 5.73 Å². The summed E-state index contributed by atoms with van der Waals surface area (Å²) in [7, 11) is 0. The molecule has 0 amide bonds. The molecule has 0 heterocycles. The van der Waals surface area contributed by atoms with Gasteiger partial charge in [-0.1, -0.05) is 6.92 Å². The zero-order valence-electron chi connectivity index (χ0n) is 7.08. The summed E-state index contributed by atoms with van der Waals surface area (Å²) in [6.07, 6.45) is 0.620. The van der Waals surface area contributed by atoms with Crippen molar-refractivity contribution in [3.8, 4) is 0 Å². The normalized spacial score (nSPS) is 10.0. The molecule has 5 heteroatoms. The quantitative estimate of drug-likeness (QED) is 0.494. The molecule has 70 valence electrons. The first kappa shape index (κ1) is 9.98. The second kappa shape index (κ2) is 3.74. The molecule has 1 rings (SSSR count). The summed E-state index contributed by atoms with van der Waals surface area (Å²) in [4.78, 5) is 10.2. The van der Waals surface area contributed by atoms with Gasteiger partial charge in [-0.15, -0.1) is 0 Å². The molecule has 0 atom stereocenters. The summed E-state index contributed by atoms with van der Waals surface area (Å²) in [5.41, 5.74) is 6.70. The molecule has 0 spiro atoms. The summed E-state index contributed by atoms with van der Waals surface area (Å²) in [6, 6.07) is 3.07. The number of aryl methyl sites for hydroxylation is 1. The first-order chi connectivity index (χ1) is 6.06. The zero-order chi connectivity index (χ0) is 10.0. The van der Waals surface area contributed by atoms with E-state index in [-0.39, 0.29) is 5.69 Å². The predicted molar refractivity (Wildman–Crippen MR) is 54.6 cm³/mol. The Morgan fingerprint density at radius 1 is 1.62 bits per heavy atom. The van der Waals surface area contributed by atoms with Crippen molar-refractivity contribution in [3.63, 3.8) is 0 Å². The fraction of sp³-hybridized carbons (Fsp3) is 0.250. The Morgan fingerprint density at radius 2 is 2.23 bits per heavy atom. The van der Waals surface area contributed by atoms with Crippen molar-refractivity contribution in [2.45, 2.75) is 13.3 Å². The van der Waals surface area contributed by atoms with Crippen LogP contribution in [0.25, 0.3) is 0 Å². The van der Waals surface area contributed by atoms with E-state index in [2.05, 4.69) is 15.9 Å². The third-order valence-electron chi connectivity index (χ3n) is 1.78. The minimum Gasteiger partial charge on any atom is -0.398 e. The van der Waals surface area contributed by atoms with Crippen LogP contribution in [0.1, 0.15) is 12.5 Å². The Kier molecular flexibility index (Phi) is 2.87. The lowest BCUT2D eigenvalue weighted by Crippen LogP contribution is -1.97. The average Bonchev–Trinajstić information content (AvgIpc) is 2.08. The van der Waals surface area contributed by atoms with Crippen LogP contribution in [0.15, 0.2) is 16.6 Å². The fourth-order valence-electron chi connectivity index (χ4n) is 1.07. The molecule has 1 aromatic carbocycles. The molecule has 4 nitrogen and oxygen atoms in total. The molecule has 0 saturated carbocycles. The molecule has 0 aliphatic carbocycles. The lowest BCUT2D eigenvalue weighted by molar-refractivity contribution is -0.385. The maximum atomic E-state index is 10.6. The van der Waals surface area contributed by atoms with Crippen molar-refractivity contribution in [1.82, 2.24) is 0 Å². The molecule has 0 aliphatic rings. The number of nitrogens with two attached hydrogens (primary N) is 1. The third kappa shape index (κ3) is 1.98. The first-order valence-corrected chi connectivity index (χ1v) is 4.57. The van der Waals surface area contributed by atoms with Crippen LogP contribution in [-0.2, 0) is 6.42 Å². The SMILES string of the molecule is CCc1cc(Br)c(N)cc1[N+](=O)[O-]. The highest BCUT2D eigenvalue weighted by Crippen LogP contribution is 2.29. The van der Waals surface area contributed by atoms with E-state index in [1.54, 1.807) is 6.07 Å². The highest BCUT2D eigenvalue weighted by molar-refractivity contribution is 9.10. The highest BCUT2D eigenvalue weighted by atomic mass is 79.9. The Balaban J connectivity index is 3.33. The van der Waals surface area contributed by atoms with E-state index in [0.717, 1.165) is 0 Å². The molecule has 0 fully saturated rings. The minimum absolute atomic E-state index is 0.0863. The smallest absolute Gasteiger partial charge is 0.274 e. The molecule has 1 aromatic rings. The molecule has 2 N–H and O–H groups in total. The summed E-state index contributed by atoms with van der Waals surface area (Å²) >= 11 is 3.22. The number of nitrogen functional groups attached to an aromatic ring is 1. The molecule has 0 saturated heterocycles. The summed E-state index contributed by atoms with van der Waals surface area (Å²) in [6.45, 7) is 1.87. The van der Waals surface area contributed by atoms with Crippen LogP contribution in [0.2, 0.25) is 0 Å². The van der Waals surface area contributed by atoms with Gasteiger partial charge in [0.15, 0.2) is 0 Å². The second-order valence-electron chi connectivity index (χ2n) is 2.61. The predicted octanol–water partition coefficient (Wildman–Crippen LogP) is 2.50. The van der Waals surface area contributed by atoms with Crippen molar-refractivity contribution in [2.24, 2.45) is 0 Å². The van der Waals surface area contributed by atoms with E-state index in [1.165, 1.54) is 6.07 Å². The van der Waals surface area contributed by atoms with Gasteiger partial charge in [-0.2, -0.15) is 0 Å². The monoisotopic (exact) mass is 244 g/mol. The van der Waals surface area contributed by atoms with Crippen molar-refractivity contribution in [1.29, 1.82) is 0 Å².